The van der Waals surface area contributed by atoms with E-state index in [4.69, 9.17) is 9.47 Å². The van der Waals surface area contributed by atoms with E-state index in [0.717, 1.165) is 11.1 Å². The summed E-state index contributed by atoms with van der Waals surface area (Å²) in [6.07, 6.45) is 2.52. The van der Waals surface area contributed by atoms with Crippen molar-refractivity contribution in [3.8, 4) is 0 Å². The summed E-state index contributed by atoms with van der Waals surface area (Å²) in [4.78, 5) is 57.2. The summed E-state index contributed by atoms with van der Waals surface area (Å²) in [7, 11) is 0. The summed E-state index contributed by atoms with van der Waals surface area (Å²) in [5, 5.41) is 5.77. The second-order valence-electron chi connectivity index (χ2n) is 14.0. The molecule has 2 aromatic rings. The molecule has 252 valence electrons. The highest BCUT2D eigenvalue weighted by atomic mass is 32.2. The predicted molar refractivity (Wildman–Crippen MR) is 182 cm³/mol. The minimum Gasteiger partial charge on any atom is -0.458 e. The van der Waals surface area contributed by atoms with Gasteiger partial charge in [-0.1, -0.05) is 61.5 Å². The van der Waals surface area contributed by atoms with E-state index in [9.17, 15) is 19.2 Å². The fraction of sp³-hybridized carbons (Fsp3) is 0.556. The zero-order chi connectivity index (χ0) is 34.2. The Morgan fingerprint density at radius 2 is 1.48 bits per heavy atom. The molecule has 0 bridgehead atoms. The number of nitrogens with one attached hydrogen (secondary N) is 2. The van der Waals surface area contributed by atoms with E-state index in [0.29, 0.717) is 24.2 Å². The molecule has 1 aliphatic rings. The van der Waals surface area contributed by atoms with Gasteiger partial charge in [0.1, 0.15) is 29.3 Å². The van der Waals surface area contributed by atoms with Gasteiger partial charge in [0.05, 0.1) is 0 Å². The van der Waals surface area contributed by atoms with Gasteiger partial charge in [-0.25, -0.2) is 9.59 Å². The van der Waals surface area contributed by atoms with E-state index in [1.807, 2.05) is 74.7 Å². The number of ether oxygens (including phenoxy) is 2. The lowest BCUT2D eigenvalue weighted by molar-refractivity contribution is -0.159. The number of rotatable bonds is 13. The Balaban J connectivity index is 2.06. The first kappa shape index (κ1) is 36.9. The summed E-state index contributed by atoms with van der Waals surface area (Å²) in [6, 6.07) is 13.7. The smallest absolute Gasteiger partial charge is 0.408 e. The van der Waals surface area contributed by atoms with Crippen LogP contribution in [0.25, 0.3) is 0 Å². The Morgan fingerprint density at radius 3 is 2.02 bits per heavy atom. The van der Waals surface area contributed by atoms with Gasteiger partial charge in [-0.15, -0.1) is 0 Å². The Kier molecular flexibility index (Phi) is 12.7. The summed E-state index contributed by atoms with van der Waals surface area (Å²) in [5.41, 5.74) is 0.812. The number of carbonyl (C=O) groups is 4. The highest BCUT2D eigenvalue weighted by molar-refractivity contribution is 7.98. The van der Waals surface area contributed by atoms with Crippen LogP contribution >= 0.6 is 11.8 Å². The molecule has 0 radical (unpaired) electrons. The lowest BCUT2D eigenvalue weighted by Gasteiger charge is -2.36. The van der Waals surface area contributed by atoms with Crippen LogP contribution in [0.15, 0.2) is 54.6 Å². The number of nitrogens with zero attached hydrogens (tertiary/aromatic N) is 1. The third-order valence-corrected chi connectivity index (χ3v) is 8.22. The van der Waals surface area contributed by atoms with Crippen LogP contribution in [0.3, 0.4) is 0 Å². The molecule has 3 rings (SSSR count). The minimum atomic E-state index is -1.05. The largest absolute Gasteiger partial charge is 0.458 e. The Bertz CT molecular complexity index is 1350. The molecule has 0 heterocycles. The van der Waals surface area contributed by atoms with Gasteiger partial charge in [0.25, 0.3) is 0 Å². The molecule has 2 aromatic carbocycles. The number of alkyl carbamates (subject to hydrolysis) is 1. The highest BCUT2D eigenvalue weighted by Crippen LogP contribution is 2.41. The highest BCUT2D eigenvalue weighted by Gasteiger charge is 2.49. The summed E-state index contributed by atoms with van der Waals surface area (Å²) < 4.78 is 11.2. The average Bonchev–Trinajstić information content (AvgIpc) is 3.67. The van der Waals surface area contributed by atoms with Crippen molar-refractivity contribution < 1.29 is 28.7 Å². The van der Waals surface area contributed by atoms with E-state index in [1.165, 1.54) is 0 Å². The zero-order valence-electron chi connectivity index (χ0n) is 28.7. The van der Waals surface area contributed by atoms with Crippen molar-refractivity contribution in [1.82, 2.24) is 15.5 Å². The number of hydrogen-bond acceptors (Lipinski definition) is 7. The number of thioether (sulfide) groups is 1. The van der Waals surface area contributed by atoms with Crippen molar-refractivity contribution in [3.63, 3.8) is 0 Å². The van der Waals surface area contributed by atoms with Crippen LogP contribution in [-0.4, -0.2) is 70.1 Å². The van der Waals surface area contributed by atoms with Crippen LogP contribution in [0, 0.1) is 12.8 Å². The molecular weight excluding hydrogens is 602 g/mol. The molecule has 0 spiro atoms. The number of carbonyl (C=O) groups excluding carboxylic acids is 4. The molecule has 1 aliphatic carbocycles. The average molecular weight is 654 g/mol. The van der Waals surface area contributed by atoms with Gasteiger partial charge < -0.3 is 25.0 Å². The van der Waals surface area contributed by atoms with Crippen molar-refractivity contribution in [2.45, 2.75) is 110 Å². The van der Waals surface area contributed by atoms with Crippen molar-refractivity contribution in [2.75, 3.05) is 12.0 Å². The lowest BCUT2D eigenvalue weighted by atomic mass is 9.96. The second kappa shape index (κ2) is 15.8. The van der Waals surface area contributed by atoms with E-state index in [-0.39, 0.29) is 24.3 Å². The van der Waals surface area contributed by atoms with Crippen molar-refractivity contribution in [2.24, 2.45) is 5.92 Å². The van der Waals surface area contributed by atoms with Crippen LogP contribution in [0.5, 0.6) is 0 Å². The molecule has 5 unspecified atom stereocenters. The molecule has 9 nitrogen and oxygen atoms in total. The number of amides is 3. The molecule has 3 amide bonds. The molecule has 5 atom stereocenters. The molecule has 46 heavy (non-hydrogen) atoms. The molecule has 0 saturated heterocycles. The summed E-state index contributed by atoms with van der Waals surface area (Å²) in [5.74, 6) is -0.657. The monoisotopic (exact) mass is 653 g/mol. The molecule has 10 heteroatoms. The maximum Gasteiger partial charge on any atom is 0.408 e. The zero-order valence-corrected chi connectivity index (χ0v) is 29.5. The van der Waals surface area contributed by atoms with Gasteiger partial charge in [0.2, 0.25) is 11.8 Å². The van der Waals surface area contributed by atoms with Gasteiger partial charge in [-0.2, -0.15) is 11.8 Å². The predicted octanol–water partition coefficient (Wildman–Crippen LogP) is 5.99. The van der Waals surface area contributed by atoms with E-state index < -0.39 is 47.3 Å². The molecule has 1 saturated carbocycles. The Morgan fingerprint density at radius 1 is 0.891 bits per heavy atom. The SMILES string of the molecule is CSCCC(NC(=O)OC(C)(C)C)C(=O)N(C(C(=O)NC(Cc1ccccc1)C(=O)OC(C)(C)C)c1ccccc1C)C1CC1C. The topological polar surface area (TPSA) is 114 Å². The Labute approximate surface area is 278 Å². The van der Waals surface area contributed by atoms with E-state index in [1.54, 1.807) is 58.2 Å². The summed E-state index contributed by atoms with van der Waals surface area (Å²) in [6.45, 7) is 14.6. The second-order valence-corrected chi connectivity index (χ2v) is 15.0. The minimum absolute atomic E-state index is 0.150. The van der Waals surface area contributed by atoms with Crippen molar-refractivity contribution >= 4 is 35.6 Å². The number of esters is 1. The van der Waals surface area contributed by atoms with Gasteiger partial charge >= 0.3 is 12.1 Å². The maximum absolute atomic E-state index is 14.6. The van der Waals surface area contributed by atoms with Crippen LogP contribution in [0.2, 0.25) is 0 Å². The number of benzene rings is 2. The molecule has 2 N–H and O–H groups in total. The first-order valence-electron chi connectivity index (χ1n) is 15.9. The first-order valence-corrected chi connectivity index (χ1v) is 17.3. The van der Waals surface area contributed by atoms with Gasteiger partial charge in [-0.05, 0) is 95.9 Å². The standard InChI is InChI=1S/C36H51N3O6S/c1-23-15-13-14-18-26(23)30(31(40)37-28(33(42)44-35(3,4)5)22-25-16-11-10-12-17-25)39(29-21-24(29)2)32(41)27(19-20-46-9)38-34(43)45-36(6,7)8/h10-18,24,27-30H,19-22H2,1-9H3,(H,37,40)(H,38,43). The number of aryl methyl sites for hydroxylation is 1. The fourth-order valence-corrected chi connectivity index (χ4v) is 5.74. The summed E-state index contributed by atoms with van der Waals surface area (Å²) >= 11 is 1.56. The third kappa shape index (κ3) is 11.1. The normalized spacial score (nSPS) is 18.0. The van der Waals surface area contributed by atoms with Crippen molar-refractivity contribution in [3.05, 3.63) is 71.3 Å². The quantitative estimate of drug-likeness (QED) is 0.256. The van der Waals surface area contributed by atoms with Crippen molar-refractivity contribution in [1.29, 1.82) is 0 Å². The van der Waals surface area contributed by atoms with Gasteiger partial charge in [0, 0.05) is 12.5 Å². The first-order chi connectivity index (χ1) is 21.5. The molecular formula is C36H51N3O6S. The maximum atomic E-state index is 14.6. The van der Waals surface area contributed by atoms with E-state index in [2.05, 4.69) is 10.6 Å². The van der Waals surface area contributed by atoms with Crippen LogP contribution < -0.4 is 10.6 Å². The van der Waals surface area contributed by atoms with E-state index >= 15 is 0 Å². The van der Waals surface area contributed by atoms with Crippen LogP contribution in [0.4, 0.5) is 4.79 Å². The Hall–Kier alpha value is -3.53. The molecule has 0 aromatic heterocycles. The third-order valence-electron chi connectivity index (χ3n) is 7.58. The van der Waals surface area contributed by atoms with Gasteiger partial charge in [-0.3, -0.25) is 9.59 Å². The lowest BCUT2D eigenvalue weighted by Crippen LogP contribution is -2.56. The number of hydrogen-bond donors (Lipinski definition) is 2. The molecule has 1 fully saturated rings. The van der Waals surface area contributed by atoms with Crippen LogP contribution in [-0.2, 0) is 30.3 Å². The van der Waals surface area contributed by atoms with Gasteiger partial charge in [0.15, 0.2) is 0 Å². The fourth-order valence-electron chi connectivity index (χ4n) is 5.27. The molecule has 0 aliphatic heterocycles. The van der Waals surface area contributed by atoms with Crippen LogP contribution in [0.1, 0.15) is 84.0 Å².